The Labute approximate surface area is 173 Å². The Morgan fingerprint density at radius 3 is 2.63 bits per heavy atom. The summed E-state index contributed by atoms with van der Waals surface area (Å²) in [5.74, 6) is 0.981. The van der Waals surface area contributed by atoms with Crippen molar-refractivity contribution in [3.05, 3.63) is 70.9 Å². The number of carbonyl (C=O) groups is 1. The third-order valence-corrected chi connectivity index (χ3v) is 4.87. The summed E-state index contributed by atoms with van der Waals surface area (Å²) in [7, 11) is 3.11. The summed E-state index contributed by atoms with van der Waals surface area (Å²) in [6.45, 7) is 1.94. The standard InChI is InChI=1S/C21H21N5O4/c1-13-17(20(27)30-12-14-8-5-4-6-9-14)18(26-21(22-13)23-24-25-26)15-10-7-11-16(28-2)19(15)29-3/h4-11,18H,12H2,1-3H3,(H,22,23,25). The lowest BCUT2D eigenvalue weighted by molar-refractivity contribution is -0.140. The van der Waals surface area contributed by atoms with Crippen LogP contribution in [-0.4, -0.2) is 40.4 Å². The van der Waals surface area contributed by atoms with Crippen LogP contribution in [0.2, 0.25) is 0 Å². The van der Waals surface area contributed by atoms with Gasteiger partial charge in [0.05, 0.1) is 19.8 Å². The summed E-state index contributed by atoms with van der Waals surface area (Å²) in [5.41, 5.74) is 2.56. The highest BCUT2D eigenvalue weighted by atomic mass is 16.5. The first-order chi connectivity index (χ1) is 14.6. The van der Waals surface area contributed by atoms with Gasteiger partial charge in [-0.2, -0.15) is 4.68 Å². The molecule has 0 fully saturated rings. The van der Waals surface area contributed by atoms with Gasteiger partial charge in [0.15, 0.2) is 11.5 Å². The quantitative estimate of drug-likeness (QED) is 0.623. The van der Waals surface area contributed by atoms with E-state index in [1.54, 1.807) is 27.2 Å². The van der Waals surface area contributed by atoms with Gasteiger partial charge >= 0.3 is 5.97 Å². The molecule has 2 heterocycles. The number of ether oxygens (including phenoxy) is 3. The smallest absolute Gasteiger partial charge is 0.338 e. The van der Waals surface area contributed by atoms with Crippen molar-refractivity contribution in [2.45, 2.75) is 19.6 Å². The highest BCUT2D eigenvalue weighted by molar-refractivity contribution is 5.92. The van der Waals surface area contributed by atoms with Crippen molar-refractivity contribution in [3.8, 4) is 11.5 Å². The number of carbonyl (C=O) groups excluding carboxylic acids is 1. The molecule has 9 nitrogen and oxygen atoms in total. The van der Waals surface area contributed by atoms with Crippen molar-refractivity contribution in [2.24, 2.45) is 0 Å². The third kappa shape index (κ3) is 3.45. The maximum absolute atomic E-state index is 13.2. The molecular weight excluding hydrogens is 386 g/mol. The molecule has 2 aromatic carbocycles. The molecule has 0 aliphatic carbocycles. The van der Waals surface area contributed by atoms with Crippen LogP contribution in [0.3, 0.4) is 0 Å². The molecule has 30 heavy (non-hydrogen) atoms. The average molecular weight is 407 g/mol. The van der Waals surface area contributed by atoms with Gasteiger partial charge in [0, 0.05) is 11.3 Å². The van der Waals surface area contributed by atoms with E-state index < -0.39 is 12.0 Å². The lowest BCUT2D eigenvalue weighted by Crippen LogP contribution is -2.30. The van der Waals surface area contributed by atoms with E-state index in [0.717, 1.165) is 5.56 Å². The molecule has 0 radical (unpaired) electrons. The molecule has 0 spiro atoms. The van der Waals surface area contributed by atoms with Crippen LogP contribution in [0.1, 0.15) is 24.1 Å². The van der Waals surface area contributed by atoms with Crippen molar-refractivity contribution >= 4 is 11.9 Å². The minimum absolute atomic E-state index is 0.154. The average Bonchev–Trinajstić information content (AvgIpc) is 3.24. The molecule has 9 heteroatoms. The van der Waals surface area contributed by atoms with Gasteiger partial charge in [-0.05, 0) is 29.0 Å². The second-order valence-electron chi connectivity index (χ2n) is 6.66. The normalized spacial score (nSPS) is 15.2. The number of anilines is 1. The zero-order chi connectivity index (χ0) is 21.1. The van der Waals surface area contributed by atoms with Gasteiger partial charge in [-0.15, -0.1) is 0 Å². The number of hydrogen-bond acceptors (Lipinski definition) is 8. The van der Waals surface area contributed by atoms with Crippen molar-refractivity contribution in [3.63, 3.8) is 0 Å². The zero-order valence-electron chi connectivity index (χ0n) is 16.8. The second kappa shape index (κ2) is 8.24. The number of hydrogen-bond donors (Lipinski definition) is 1. The van der Waals surface area contributed by atoms with Crippen molar-refractivity contribution < 1.29 is 19.0 Å². The highest BCUT2D eigenvalue weighted by Crippen LogP contribution is 2.42. The van der Waals surface area contributed by atoms with E-state index in [2.05, 4.69) is 20.8 Å². The van der Waals surface area contributed by atoms with E-state index in [0.29, 0.717) is 34.3 Å². The molecule has 0 amide bonds. The molecule has 0 saturated carbocycles. The number of aromatic nitrogens is 4. The molecule has 0 saturated heterocycles. The van der Waals surface area contributed by atoms with Gasteiger partial charge in [0.25, 0.3) is 0 Å². The topological polar surface area (TPSA) is 100 Å². The fraction of sp³-hybridized carbons (Fsp3) is 0.238. The van der Waals surface area contributed by atoms with E-state index in [9.17, 15) is 4.79 Å². The number of nitrogens with zero attached hydrogens (tertiary/aromatic N) is 4. The molecule has 3 aromatic rings. The van der Waals surface area contributed by atoms with Gasteiger partial charge in [0.2, 0.25) is 5.95 Å². The summed E-state index contributed by atoms with van der Waals surface area (Å²) in [6.07, 6.45) is 0. The van der Waals surface area contributed by atoms with Gasteiger partial charge in [-0.25, -0.2) is 4.79 Å². The number of esters is 1. The number of tetrazole rings is 1. The van der Waals surface area contributed by atoms with E-state index >= 15 is 0 Å². The first-order valence-corrected chi connectivity index (χ1v) is 9.31. The Bertz CT molecular complexity index is 1090. The van der Waals surface area contributed by atoms with Crippen molar-refractivity contribution in [1.29, 1.82) is 0 Å². The molecule has 1 unspecified atom stereocenters. The number of rotatable bonds is 6. The van der Waals surface area contributed by atoms with Crippen LogP contribution in [0.5, 0.6) is 11.5 Å². The second-order valence-corrected chi connectivity index (χ2v) is 6.66. The Hall–Kier alpha value is -3.88. The number of para-hydroxylation sites is 1. The maximum Gasteiger partial charge on any atom is 0.338 e. The largest absolute Gasteiger partial charge is 0.493 e. The van der Waals surface area contributed by atoms with Crippen molar-refractivity contribution in [2.75, 3.05) is 19.5 Å². The molecule has 4 rings (SSSR count). The number of nitrogens with one attached hydrogen (secondary N) is 1. The van der Waals surface area contributed by atoms with Gasteiger partial charge in [0.1, 0.15) is 12.6 Å². The van der Waals surface area contributed by atoms with Crippen LogP contribution in [0.25, 0.3) is 0 Å². The lowest BCUT2D eigenvalue weighted by Gasteiger charge is -2.28. The Balaban J connectivity index is 1.76. The molecule has 1 aliphatic rings. The summed E-state index contributed by atoms with van der Waals surface area (Å²) < 4.78 is 18.2. The lowest BCUT2D eigenvalue weighted by atomic mass is 9.94. The van der Waals surface area contributed by atoms with Gasteiger partial charge in [-0.1, -0.05) is 47.6 Å². The zero-order valence-corrected chi connectivity index (χ0v) is 16.8. The minimum atomic E-state index is -0.649. The Morgan fingerprint density at radius 1 is 1.10 bits per heavy atom. The predicted octanol–water partition coefficient (Wildman–Crippen LogP) is 2.72. The van der Waals surface area contributed by atoms with Crippen molar-refractivity contribution in [1.82, 2.24) is 20.2 Å². The minimum Gasteiger partial charge on any atom is -0.493 e. The number of methoxy groups -OCH3 is 2. The maximum atomic E-state index is 13.2. The molecule has 1 aliphatic heterocycles. The van der Waals surface area contributed by atoms with Crippen LogP contribution in [0.4, 0.5) is 5.95 Å². The fourth-order valence-electron chi connectivity index (χ4n) is 3.49. The first kappa shape index (κ1) is 19.4. The molecule has 1 aromatic heterocycles. The Kier molecular flexibility index (Phi) is 5.34. The van der Waals surface area contributed by atoms with Crippen LogP contribution >= 0.6 is 0 Å². The Morgan fingerprint density at radius 2 is 1.90 bits per heavy atom. The van der Waals surface area contributed by atoms with Crippen LogP contribution in [0.15, 0.2) is 59.8 Å². The highest BCUT2D eigenvalue weighted by Gasteiger charge is 2.37. The molecular formula is C21H21N5O4. The van der Waals surface area contributed by atoms with Crippen LogP contribution in [0, 0.1) is 0 Å². The van der Waals surface area contributed by atoms with Crippen LogP contribution < -0.4 is 14.8 Å². The van der Waals surface area contributed by atoms with E-state index in [1.807, 2.05) is 42.5 Å². The molecule has 1 atom stereocenters. The van der Waals surface area contributed by atoms with Gasteiger partial charge in [-0.3, -0.25) is 0 Å². The third-order valence-electron chi connectivity index (χ3n) is 4.87. The first-order valence-electron chi connectivity index (χ1n) is 9.31. The summed E-state index contributed by atoms with van der Waals surface area (Å²) in [5, 5.41) is 14.9. The number of benzene rings is 2. The van der Waals surface area contributed by atoms with E-state index in [-0.39, 0.29) is 6.61 Å². The summed E-state index contributed by atoms with van der Waals surface area (Å²) in [6, 6.07) is 14.3. The summed E-state index contributed by atoms with van der Waals surface area (Å²) in [4.78, 5) is 13.2. The predicted molar refractivity (Wildman–Crippen MR) is 108 cm³/mol. The molecule has 1 N–H and O–H groups in total. The van der Waals surface area contributed by atoms with Crippen LogP contribution in [-0.2, 0) is 16.1 Å². The molecule has 154 valence electrons. The van der Waals surface area contributed by atoms with E-state index in [4.69, 9.17) is 14.2 Å². The van der Waals surface area contributed by atoms with Gasteiger partial charge < -0.3 is 19.5 Å². The summed E-state index contributed by atoms with van der Waals surface area (Å²) >= 11 is 0. The number of fused-ring (bicyclic) bond motifs is 1. The molecule has 0 bridgehead atoms. The monoisotopic (exact) mass is 407 g/mol. The van der Waals surface area contributed by atoms with E-state index in [1.165, 1.54) is 4.68 Å². The SMILES string of the molecule is COc1cccc(C2C(C(=O)OCc3ccccc3)=C(C)Nc3nnnn32)c1OC. The fourth-order valence-corrected chi connectivity index (χ4v) is 3.49. The number of allylic oxidation sites excluding steroid dienone is 1.